The predicted molar refractivity (Wildman–Crippen MR) is 83.1 cm³/mol. The maximum absolute atomic E-state index is 12.3. The number of benzene rings is 1. The Morgan fingerprint density at radius 3 is 2.50 bits per heavy atom. The molecular formula is C18H18N2O2. The van der Waals surface area contributed by atoms with Crippen LogP contribution >= 0.6 is 0 Å². The Balaban J connectivity index is 1.84. The number of pyridine rings is 1. The Bertz CT molecular complexity index is 672. The second kappa shape index (κ2) is 6.10. The van der Waals surface area contributed by atoms with Gasteiger partial charge in [-0.25, -0.2) is 0 Å². The number of aryl methyl sites for hydroxylation is 1. The molecule has 1 amide bonds. The molecule has 1 fully saturated rings. The summed E-state index contributed by atoms with van der Waals surface area (Å²) in [6.07, 6.45) is 2.43. The highest BCUT2D eigenvalue weighted by molar-refractivity contribution is 5.96. The van der Waals surface area contributed by atoms with Crippen molar-refractivity contribution in [2.75, 3.05) is 0 Å². The number of ketones is 1. The lowest BCUT2D eigenvalue weighted by molar-refractivity contribution is -0.138. The van der Waals surface area contributed by atoms with Crippen LogP contribution in [0.3, 0.4) is 0 Å². The molecule has 1 aromatic heterocycles. The molecule has 1 heterocycles. The first-order valence-electron chi connectivity index (χ1n) is 7.43. The summed E-state index contributed by atoms with van der Waals surface area (Å²) in [5.74, 6) is -0.107. The Morgan fingerprint density at radius 1 is 1.18 bits per heavy atom. The van der Waals surface area contributed by atoms with Gasteiger partial charge in [-0.05, 0) is 24.6 Å². The lowest BCUT2D eigenvalue weighted by atomic mass is 9.83. The molecule has 0 aliphatic heterocycles. The summed E-state index contributed by atoms with van der Waals surface area (Å²) in [4.78, 5) is 27.8. The lowest BCUT2D eigenvalue weighted by Crippen LogP contribution is -2.41. The number of Topliss-reactive ketones (excluding diaryl/α,β-unsaturated/α-hetero) is 1. The average Bonchev–Trinajstić information content (AvgIpc) is 2.51. The van der Waals surface area contributed by atoms with Gasteiger partial charge in [0.15, 0.2) is 0 Å². The van der Waals surface area contributed by atoms with E-state index < -0.39 is 0 Å². The fourth-order valence-corrected chi connectivity index (χ4v) is 2.57. The van der Waals surface area contributed by atoms with Crippen LogP contribution in [-0.2, 0) is 9.59 Å². The number of carbonyl (C=O) groups is 2. The Hall–Kier alpha value is -2.49. The van der Waals surface area contributed by atoms with Gasteiger partial charge in [0, 0.05) is 19.0 Å². The first-order chi connectivity index (χ1) is 10.6. The van der Waals surface area contributed by atoms with Crippen molar-refractivity contribution in [3.8, 4) is 0 Å². The van der Waals surface area contributed by atoms with Crippen molar-refractivity contribution in [2.45, 2.75) is 25.8 Å². The monoisotopic (exact) mass is 294 g/mol. The van der Waals surface area contributed by atoms with Crippen LogP contribution in [0, 0.1) is 12.8 Å². The second-order valence-corrected chi connectivity index (χ2v) is 5.75. The normalized spacial score (nSPS) is 16.0. The van der Waals surface area contributed by atoms with E-state index in [0.29, 0.717) is 12.8 Å². The van der Waals surface area contributed by atoms with E-state index >= 15 is 0 Å². The summed E-state index contributed by atoms with van der Waals surface area (Å²) in [5, 5.41) is 3.04. The van der Waals surface area contributed by atoms with Crippen molar-refractivity contribution in [1.82, 2.24) is 10.3 Å². The number of nitrogens with one attached hydrogen (secondary N) is 1. The maximum Gasteiger partial charge on any atom is 0.224 e. The molecule has 0 radical (unpaired) electrons. The SMILES string of the molecule is Cc1ccc(C(NC(=O)C2CC(=O)C2)c2ccccn2)cc1. The third-order valence-corrected chi connectivity index (χ3v) is 4.00. The third-order valence-electron chi connectivity index (χ3n) is 4.00. The maximum atomic E-state index is 12.3. The molecule has 4 nitrogen and oxygen atoms in total. The van der Waals surface area contributed by atoms with E-state index in [1.165, 1.54) is 5.56 Å². The van der Waals surface area contributed by atoms with Gasteiger partial charge < -0.3 is 5.32 Å². The van der Waals surface area contributed by atoms with Crippen LogP contribution < -0.4 is 5.32 Å². The van der Waals surface area contributed by atoms with Gasteiger partial charge >= 0.3 is 0 Å². The second-order valence-electron chi connectivity index (χ2n) is 5.75. The first kappa shape index (κ1) is 14.4. The lowest BCUT2D eigenvalue weighted by Gasteiger charge is -2.26. The quantitative estimate of drug-likeness (QED) is 0.943. The standard InChI is InChI=1S/C18H18N2O2/c1-12-5-7-13(8-6-12)17(16-4-2-3-9-19-16)20-18(22)14-10-15(21)11-14/h2-9,14,17H,10-11H2,1H3,(H,20,22). The smallest absolute Gasteiger partial charge is 0.224 e. The van der Waals surface area contributed by atoms with Gasteiger partial charge in [0.05, 0.1) is 17.7 Å². The largest absolute Gasteiger partial charge is 0.343 e. The molecule has 0 spiro atoms. The van der Waals surface area contributed by atoms with Crippen molar-refractivity contribution in [1.29, 1.82) is 0 Å². The highest BCUT2D eigenvalue weighted by Crippen LogP contribution is 2.26. The molecule has 1 aromatic carbocycles. The predicted octanol–water partition coefficient (Wildman–Crippen LogP) is 2.57. The highest BCUT2D eigenvalue weighted by atomic mass is 16.2. The highest BCUT2D eigenvalue weighted by Gasteiger charge is 2.34. The van der Waals surface area contributed by atoms with E-state index in [9.17, 15) is 9.59 Å². The minimum Gasteiger partial charge on any atom is -0.343 e. The van der Waals surface area contributed by atoms with Gasteiger partial charge in [0.25, 0.3) is 0 Å². The van der Waals surface area contributed by atoms with Crippen LogP contribution in [0.2, 0.25) is 0 Å². The van der Waals surface area contributed by atoms with Gasteiger partial charge in [0.2, 0.25) is 5.91 Å². The fourth-order valence-electron chi connectivity index (χ4n) is 2.57. The van der Waals surface area contributed by atoms with Gasteiger partial charge in [-0.3, -0.25) is 14.6 Å². The minimum absolute atomic E-state index is 0.0733. The van der Waals surface area contributed by atoms with Gasteiger partial charge in [-0.1, -0.05) is 35.9 Å². The first-order valence-corrected chi connectivity index (χ1v) is 7.43. The molecule has 112 valence electrons. The number of rotatable bonds is 4. The molecule has 4 heteroatoms. The van der Waals surface area contributed by atoms with Crippen LogP contribution in [-0.4, -0.2) is 16.7 Å². The summed E-state index contributed by atoms with van der Waals surface area (Å²) in [6, 6.07) is 13.4. The van der Waals surface area contributed by atoms with Crippen LogP contribution in [0.4, 0.5) is 0 Å². The van der Waals surface area contributed by atoms with Crippen molar-refractivity contribution in [2.24, 2.45) is 5.92 Å². The van der Waals surface area contributed by atoms with Crippen molar-refractivity contribution in [3.63, 3.8) is 0 Å². The molecular weight excluding hydrogens is 276 g/mol. The Morgan fingerprint density at radius 2 is 1.91 bits per heavy atom. The summed E-state index contributed by atoms with van der Waals surface area (Å²) in [5.41, 5.74) is 2.95. The van der Waals surface area contributed by atoms with Crippen molar-refractivity contribution < 1.29 is 9.59 Å². The van der Waals surface area contributed by atoms with E-state index in [1.54, 1.807) is 6.20 Å². The van der Waals surface area contributed by atoms with Gasteiger partial charge in [0.1, 0.15) is 5.78 Å². The molecule has 3 rings (SSSR count). The van der Waals surface area contributed by atoms with Crippen LogP contribution in [0.1, 0.15) is 35.7 Å². The zero-order valence-corrected chi connectivity index (χ0v) is 12.5. The molecule has 22 heavy (non-hydrogen) atoms. The number of nitrogens with zero attached hydrogens (tertiary/aromatic N) is 1. The summed E-state index contributed by atoms with van der Waals surface area (Å²) in [7, 11) is 0. The Labute approximate surface area is 129 Å². The molecule has 1 N–H and O–H groups in total. The molecule has 1 saturated carbocycles. The van der Waals surface area contributed by atoms with E-state index in [2.05, 4.69) is 10.3 Å². The molecule has 0 bridgehead atoms. The topological polar surface area (TPSA) is 59.1 Å². The number of aromatic nitrogens is 1. The average molecular weight is 294 g/mol. The van der Waals surface area contributed by atoms with Crippen LogP contribution in [0.5, 0.6) is 0 Å². The van der Waals surface area contributed by atoms with E-state index in [-0.39, 0.29) is 23.7 Å². The molecule has 1 aliphatic rings. The molecule has 1 atom stereocenters. The zero-order chi connectivity index (χ0) is 15.5. The van der Waals surface area contributed by atoms with Gasteiger partial charge in [-0.15, -0.1) is 0 Å². The van der Waals surface area contributed by atoms with E-state index in [1.807, 2.05) is 49.4 Å². The van der Waals surface area contributed by atoms with Crippen molar-refractivity contribution >= 4 is 11.7 Å². The van der Waals surface area contributed by atoms with Crippen LogP contribution in [0.15, 0.2) is 48.7 Å². The fraction of sp³-hybridized carbons (Fsp3) is 0.278. The summed E-state index contributed by atoms with van der Waals surface area (Å²) < 4.78 is 0. The molecule has 1 aliphatic carbocycles. The number of amides is 1. The molecule has 1 unspecified atom stereocenters. The number of hydrogen-bond acceptors (Lipinski definition) is 3. The minimum atomic E-state index is -0.287. The zero-order valence-electron chi connectivity index (χ0n) is 12.5. The van der Waals surface area contributed by atoms with E-state index in [4.69, 9.17) is 0 Å². The van der Waals surface area contributed by atoms with Crippen molar-refractivity contribution in [3.05, 3.63) is 65.5 Å². The summed E-state index contributed by atoms with van der Waals surface area (Å²) >= 11 is 0. The third kappa shape index (κ3) is 3.06. The number of hydrogen-bond donors (Lipinski definition) is 1. The van der Waals surface area contributed by atoms with Gasteiger partial charge in [-0.2, -0.15) is 0 Å². The van der Waals surface area contributed by atoms with E-state index in [0.717, 1.165) is 11.3 Å². The summed E-state index contributed by atoms with van der Waals surface area (Å²) in [6.45, 7) is 2.03. The van der Waals surface area contributed by atoms with Crippen LogP contribution in [0.25, 0.3) is 0 Å². The molecule has 2 aromatic rings. The Kier molecular flexibility index (Phi) is 4.00. The molecule has 0 saturated heterocycles. The number of carbonyl (C=O) groups excluding carboxylic acids is 2.